The Morgan fingerprint density at radius 3 is 2.53 bits per heavy atom. The third kappa shape index (κ3) is 2.82. The van der Waals surface area contributed by atoms with Gasteiger partial charge in [0.25, 0.3) is 0 Å². The van der Waals surface area contributed by atoms with Crippen LogP contribution in [-0.2, 0) is 6.42 Å². The van der Waals surface area contributed by atoms with Gasteiger partial charge >= 0.3 is 0 Å². The normalized spacial score (nSPS) is 10.2. The lowest BCUT2D eigenvalue weighted by atomic mass is 10.1. The maximum Gasteiger partial charge on any atom is 0.213 e. The highest BCUT2D eigenvalue weighted by atomic mass is 16.5. The van der Waals surface area contributed by atoms with E-state index >= 15 is 0 Å². The van der Waals surface area contributed by atoms with Crippen LogP contribution in [0.1, 0.15) is 5.56 Å². The van der Waals surface area contributed by atoms with Crippen molar-refractivity contribution in [1.29, 1.82) is 0 Å². The number of aromatic nitrogens is 1. The maximum absolute atomic E-state index is 5.52. The van der Waals surface area contributed by atoms with Gasteiger partial charge in [0.05, 0.1) is 12.8 Å². The van der Waals surface area contributed by atoms with Gasteiger partial charge < -0.3 is 10.5 Å². The van der Waals surface area contributed by atoms with E-state index in [2.05, 4.69) is 29.2 Å². The van der Waals surface area contributed by atoms with Crippen molar-refractivity contribution < 1.29 is 4.74 Å². The van der Waals surface area contributed by atoms with E-state index in [4.69, 9.17) is 10.5 Å². The zero-order chi connectivity index (χ0) is 12.1. The molecule has 3 nitrogen and oxygen atoms in total. The summed E-state index contributed by atoms with van der Waals surface area (Å²) in [5.41, 5.74) is 8.78. The van der Waals surface area contributed by atoms with Gasteiger partial charge in [-0.25, -0.2) is 4.98 Å². The van der Waals surface area contributed by atoms with Crippen LogP contribution in [0.4, 0.5) is 0 Å². The lowest BCUT2D eigenvalue weighted by Crippen LogP contribution is -2.02. The number of rotatable bonds is 4. The van der Waals surface area contributed by atoms with Crippen molar-refractivity contribution in [3.05, 3.63) is 48.0 Å². The molecule has 0 aliphatic heterocycles. The van der Waals surface area contributed by atoms with Crippen LogP contribution in [0.5, 0.6) is 5.88 Å². The highest BCUT2D eigenvalue weighted by molar-refractivity contribution is 5.59. The second-order valence-corrected chi connectivity index (χ2v) is 3.80. The van der Waals surface area contributed by atoms with Gasteiger partial charge in [-0.05, 0) is 24.6 Å². The summed E-state index contributed by atoms with van der Waals surface area (Å²) in [6.45, 7) is 0.677. The molecule has 0 amide bonds. The Morgan fingerprint density at radius 1 is 1.12 bits per heavy atom. The van der Waals surface area contributed by atoms with Gasteiger partial charge in [0.15, 0.2) is 0 Å². The molecule has 1 aromatic carbocycles. The number of nitrogens with two attached hydrogens (primary N) is 1. The molecule has 0 unspecified atom stereocenters. The summed E-state index contributed by atoms with van der Waals surface area (Å²) in [5.74, 6) is 0.633. The first kappa shape index (κ1) is 11.6. The van der Waals surface area contributed by atoms with E-state index in [0.717, 1.165) is 17.7 Å². The Bertz CT molecular complexity index is 480. The quantitative estimate of drug-likeness (QED) is 0.873. The molecule has 0 aliphatic rings. The van der Waals surface area contributed by atoms with Crippen molar-refractivity contribution in [3.63, 3.8) is 0 Å². The lowest BCUT2D eigenvalue weighted by molar-refractivity contribution is 0.398. The van der Waals surface area contributed by atoms with E-state index in [-0.39, 0.29) is 0 Å². The van der Waals surface area contributed by atoms with Crippen LogP contribution in [-0.4, -0.2) is 18.6 Å². The zero-order valence-corrected chi connectivity index (χ0v) is 9.89. The minimum absolute atomic E-state index is 0.633. The third-order valence-electron chi connectivity index (χ3n) is 2.62. The molecule has 2 rings (SSSR count). The monoisotopic (exact) mass is 228 g/mol. The van der Waals surface area contributed by atoms with Crippen LogP contribution in [0.2, 0.25) is 0 Å². The molecule has 0 fully saturated rings. The smallest absolute Gasteiger partial charge is 0.213 e. The first-order chi connectivity index (χ1) is 8.33. The summed E-state index contributed by atoms with van der Waals surface area (Å²) in [6.07, 6.45) is 0.909. The molecule has 1 aromatic heterocycles. The Kier molecular flexibility index (Phi) is 3.73. The van der Waals surface area contributed by atoms with Gasteiger partial charge in [-0.3, -0.25) is 0 Å². The molecule has 17 heavy (non-hydrogen) atoms. The number of nitrogens with zero attached hydrogens (tertiary/aromatic N) is 1. The predicted molar refractivity (Wildman–Crippen MR) is 69.0 cm³/mol. The minimum Gasteiger partial charge on any atom is -0.481 e. The minimum atomic E-state index is 0.633. The SMILES string of the molecule is COc1cccc(-c2ccc(CCN)cc2)n1. The number of benzene rings is 1. The number of methoxy groups -OCH3 is 1. The predicted octanol–water partition coefficient (Wildman–Crippen LogP) is 2.26. The topological polar surface area (TPSA) is 48.1 Å². The molecule has 0 bridgehead atoms. The van der Waals surface area contributed by atoms with Gasteiger partial charge in [-0.2, -0.15) is 0 Å². The van der Waals surface area contributed by atoms with Crippen LogP contribution in [0.25, 0.3) is 11.3 Å². The summed E-state index contributed by atoms with van der Waals surface area (Å²) in [7, 11) is 1.62. The average molecular weight is 228 g/mol. The molecule has 88 valence electrons. The van der Waals surface area contributed by atoms with Gasteiger partial charge in [0, 0.05) is 11.6 Å². The third-order valence-corrected chi connectivity index (χ3v) is 2.62. The standard InChI is InChI=1S/C14H16N2O/c1-17-14-4-2-3-13(16-14)12-7-5-11(6-8-12)9-10-15/h2-8H,9-10,15H2,1H3. The molecule has 0 saturated carbocycles. The molecule has 0 atom stereocenters. The van der Waals surface area contributed by atoms with Crippen molar-refractivity contribution in [1.82, 2.24) is 4.98 Å². The van der Waals surface area contributed by atoms with E-state index in [1.54, 1.807) is 7.11 Å². The molecule has 3 heteroatoms. The van der Waals surface area contributed by atoms with Gasteiger partial charge in [0.1, 0.15) is 0 Å². The Morgan fingerprint density at radius 2 is 1.88 bits per heavy atom. The molecule has 0 aliphatic carbocycles. The Hall–Kier alpha value is -1.87. The summed E-state index contributed by atoms with van der Waals surface area (Å²) in [6, 6.07) is 14.0. The van der Waals surface area contributed by atoms with Crippen molar-refractivity contribution in [3.8, 4) is 17.1 Å². The maximum atomic E-state index is 5.52. The van der Waals surface area contributed by atoms with E-state index in [0.29, 0.717) is 12.4 Å². The largest absolute Gasteiger partial charge is 0.481 e. The van der Waals surface area contributed by atoms with Gasteiger partial charge in [-0.1, -0.05) is 30.3 Å². The highest BCUT2D eigenvalue weighted by Crippen LogP contribution is 2.20. The van der Waals surface area contributed by atoms with E-state index < -0.39 is 0 Å². The van der Waals surface area contributed by atoms with E-state index in [9.17, 15) is 0 Å². The highest BCUT2D eigenvalue weighted by Gasteiger charge is 2.01. The fourth-order valence-corrected chi connectivity index (χ4v) is 1.70. The van der Waals surface area contributed by atoms with E-state index in [1.807, 2.05) is 18.2 Å². The molecule has 0 saturated heterocycles. The van der Waals surface area contributed by atoms with Crippen LogP contribution in [0, 0.1) is 0 Å². The first-order valence-corrected chi connectivity index (χ1v) is 5.64. The number of ether oxygens (including phenoxy) is 1. The lowest BCUT2D eigenvalue weighted by Gasteiger charge is -2.04. The van der Waals surface area contributed by atoms with Crippen molar-refractivity contribution in [2.75, 3.05) is 13.7 Å². The van der Waals surface area contributed by atoms with Crippen LogP contribution in [0.15, 0.2) is 42.5 Å². The van der Waals surface area contributed by atoms with Crippen LogP contribution in [0.3, 0.4) is 0 Å². The first-order valence-electron chi connectivity index (χ1n) is 5.64. The van der Waals surface area contributed by atoms with Crippen molar-refractivity contribution in [2.24, 2.45) is 5.73 Å². The summed E-state index contributed by atoms with van der Waals surface area (Å²) in [5, 5.41) is 0. The zero-order valence-electron chi connectivity index (χ0n) is 9.89. The van der Waals surface area contributed by atoms with Crippen LogP contribution >= 0.6 is 0 Å². The average Bonchev–Trinajstić information content (AvgIpc) is 2.40. The summed E-state index contributed by atoms with van der Waals surface area (Å²) in [4.78, 5) is 4.39. The van der Waals surface area contributed by atoms with Crippen molar-refractivity contribution >= 4 is 0 Å². The number of hydrogen-bond donors (Lipinski definition) is 1. The number of pyridine rings is 1. The fraction of sp³-hybridized carbons (Fsp3) is 0.214. The van der Waals surface area contributed by atoms with Gasteiger partial charge in [-0.15, -0.1) is 0 Å². The van der Waals surface area contributed by atoms with Crippen LogP contribution < -0.4 is 10.5 Å². The molecule has 1 heterocycles. The fourth-order valence-electron chi connectivity index (χ4n) is 1.70. The Labute approximate surface area is 101 Å². The molecular formula is C14H16N2O. The second kappa shape index (κ2) is 5.46. The molecule has 2 aromatic rings. The molecule has 2 N–H and O–H groups in total. The summed E-state index contributed by atoms with van der Waals surface area (Å²) >= 11 is 0. The summed E-state index contributed by atoms with van der Waals surface area (Å²) < 4.78 is 5.11. The van der Waals surface area contributed by atoms with Gasteiger partial charge in [0.2, 0.25) is 5.88 Å². The van der Waals surface area contributed by atoms with Crippen molar-refractivity contribution in [2.45, 2.75) is 6.42 Å². The molecule has 0 spiro atoms. The molecule has 0 radical (unpaired) electrons. The second-order valence-electron chi connectivity index (χ2n) is 3.80. The van der Waals surface area contributed by atoms with E-state index in [1.165, 1.54) is 5.56 Å². The molecular weight excluding hydrogens is 212 g/mol. The Balaban J connectivity index is 2.26. The number of hydrogen-bond acceptors (Lipinski definition) is 3.